The number of amides is 3. The number of imide groups is 1. The molecule has 0 saturated heterocycles. The molecule has 0 aliphatic carbocycles. The largest absolute Gasteiger partial charge is 0.480 e. The fourth-order valence-corrected chi connectivity index (χ4v) is 3.64. The highest BCUT2D eigenvalue weighted by Gasteiger charge is 2.39. The van der Waals surface area contributed by atoms with Crippen LogP contribution >= 0.6 is 0 Å². The van der Waals surface area contributed by atoms with E-state index in [1.807, 2.05) is 39.8 Å². The van der Waals surface area contributed by atoms with Crippen LogP contribution < -0.4 is 5.32 Å². The van der Waals surface area contributed by atoms with Crippen molar-refractivity contribution in [3.63, 3.8) is 0 Å². The van der Waals surface area contributed by atoms with Crippen molar-refractivity contribution in [3.05, 3.63) is 71.8 Å². The highest BCUT2D eigenvalue weighted by atomic mass is 16.6. The van der Waals surface area contributed by atoms with Crippen LogP contribution in [0.15, 0.2) is 60.7 Å². The first-order valence-corrected chi connectivity index (χ1v) is 12.3. The molecule has 0 aliphatic rings. The van der Waals surface area contributed by atoms with Gasteiger partial charge in [-0.25, -0.2) is 14.4 Å². The standard InChI is InChI=1S/C28H36N2O7/c1-19(2)15-23(26(32)33)29-25(31)24(16-20(3)4)30(27(34)36-17-21-11-7-5-8-12-21)28(35)37-18-22-13-9-6-10-14-22/h5-14,19-20,23-24H,15-18H2,1-4H3,(H,29,31)(H,32,33)/t23-,24-/m0/s1. The Morgan fingerprint density at radius 1 is 0.757 bits per heavy atom. The molecule has 0 aromatic heterocycles. The van der Waals surface area contributed by atoms with Gasteiger partial charge in [0.05, 0.1) is 0 Å². The van der Waals surface area contributed by atoms with Crippen LogP contribution in [0.5, 0.6) is 0 Å². The van der Waals surface area contributed by atoms with Gasteiger partial charge in [0.1, 0.15) is 25.3 Å². The Balaban J connectivity index is 2.31. The van der Waals surface area contributed by atoms with Crippen molar-refractivity contribution in [2.75, 3.05) is 0 Å². The molecule has 37 heavy (non-hydrogen) atoms. The van der Waals surface area contributed by atoms with E-state index in [0.717, 1.165) is 0 Å². The second-order valence-corrected chi connectivity index (χ2v) is 9.62. The Bertz CT molecular complexity index is 970. The summed E-state index contributed by atoms with van der Waals surface area (Å²) < 4.78 is 10.8. The minimum atomic E-state index is -1.33. The van der Waals surface area contributed by atoms with Crippen LogP contribution in [0.1, 0.15) is 51.7 Å². The molecule has 2 aromatic rings. The number of benzene rings is 2. The smallest absolute Gasteiger partial charge is 0.420 e. The fraction of sp³-hybridized carbons (Fsp3) is 0.429. The molecule has 0 heterocycles. The number of carboxylic acid groups (broad SMARTS) is 1. The Labute approximate surface area is 217 Å². The van der Waals surface area contributed by atoms with Gasteiger partial charge in [0.25, 0.3) is 0 Å². The summed E-state index contributed by atoms with van der Waals surface area (Å²) in [4.78, 5) is 52.2. The maximum atomic E-state index is 13.3. The molecule has 2 atom stereocenters. The van der Waals surface area contributed by atoms with Gasteiger partial charge in [0, 0.05) is 0 Å². The Hall–Kier alpha value is -3.88. The number of rotatable bonds is 12. The van der Waals surface area contributed by atoms with E-state index in [-0.39, 0.29) is 37.9 Å². The van der Waals surface area contributed by atoms with Gasteiger partial charge in [-0.3, -0.25) is 4.79 Å². The lowest BCUT2D eigenvalue weighted by Crippen LogP contribution is -2.56. The number of nitrogens with one attached hydrogen (secondary N) is 1. The molecule has 0 aliphatic heterocycles. The van der Waals surface area contributed by atoms with E-state index >= 15 is 0 Å². The van der Waals surface area contributed by atoms with Crippen molar-refractivity contribution in [3.8, 4) is 0 Å². The van der Waals surface area contributed by atoms with Crippen LogP contribution in [0.25, 0.3) is 0 Å². The van der Waals surface area contributed by atoms with E-state index in [1.54, 1.807) is 48.5 Å². The van der Waals surface area contributed by atoms with E-state index < -0.39 is 36.1 Å². The third-order valence-corrected chi connectivity index (χ3v) is 5.43. The highest BCUT2D eigenvalue weighted by molar-refractivity contribution is 5.96. The Kier molecular flexibility index (Phi) is 11.6. The van der Waals surface area contributed by atoms with Gasteiger partial charge in [0.15, 0.2) is 0 Å². The number of carbonyl (C=O) groups excluding carboxylic acids is 3. The maximum Gasteiger partial charge on any atom is 0.420 e. The number of hydrogen-bond acceptors (Lipinski definition) is 6. The predicted octanol–water partition coefficient (Wildman–Crippen LogP) is 4.99. The van der Waals surface area contributed by atoms with Gasteiger partial charge < -0.3 is 19.9 Å². The lowest BCUT2D eigenvalue weighted by molar-refractivity contribution is -0.143. The molecule has 9 heteroatoms. The van der Waals surface area contributed by atoms with Crippen molar-refractivity contribution < 1.29 is 33.8 Å². The summed E-state index contributed by atoms with van der Waals surface area (Å²) in [7, 11) is 0. The maximum absolute atomic E-state index is 13.3. The van der Waals surface area contributed by atoms with E-state index in [1.165, 1.54) is 0 Å². The number of hydrogen-bond donors (Lipinski definition) is 2. The van der Waals surface area contributed by atoms with E-state index in [2.05, 4.69) is 5.32 Å². The van der Waals surface area contributed by atoms with Crippen molar-refractivity contribution in [2.45, 2.75) is 65.8 Å². The molecule has 200 valence electrons. The second-order valence-electron chi connectivity index (χ2n) is 9.62. The molecular formula is C28H36N2O7. The highest BCUT2D eigenvalue weighted by Crippen LogP contribution is 2.18. The molecular weight excluding hydrogens is 476 g/mol. The van der Waals surface area contributed by atoms with Gasteiger partial charge in [-0.2, -0.15) is 4.90 Å². The second kappa shape index (κ2) is 14.6. The van der Waals surface area contributed by atoms with E-state index in [9.17, 15) is 24.3 Å². The zero-order valence-electron chi connectivity index (χ0n) is 21.8. The zero-order chi connectivity index (χ0) is 27.4. The van der Waals surface area contributed by atoms with Crippen LogP contribution in [0.2, 0.25) is 0 Å². The average molecular weight is 513 g/mol. The molecule has 0 bridgehead atoms. The summed E-state index contributed by atoms with van der Waals surface area (Å²) in [6.45, 7) is 7.08. The van der Waals surface area contributed by atoms with E-state index in [4.69, 9.17) is 9.47 Å². The summed E-state index contributed by atoms with van der Waals surface area (Å²) >= 11 is 0. The van der Waals surface area contributed by atoms with Crippen molar-refractivity contribution >= 4 is 24.1 Å². The molecule has 2 aromatic carbocycles. The third kappa shape index (κ3) is 9.95. The topological polar surface area (TPSA) is 122 Å². The number of ether oxygens (including phenoxy) is 2. The predicted molar refractivity (Wildman–Crippen MR) is 137 cm³/mol. The minimum absolute atomic E-state index is 0.00673. The van der Waals surface area contributed by atoms with Gasteiger partial charge in [0.2, 0.25) is 5.91 Å². The van der Waals surface area contributed by atoms with Gasteiger partial charge in [-0.15, -0.1) is 0 Å². The average Bonchev–Trinajstić information content (AvgIpc) is 2.86. The van der Waals surface area contributed by atoms with Crippen LogP contribution in [0.3, 0.4) is 0 Å². The summed E-state index contributed by atoms with van der Waals surface area (Å²) in [5.41, 5.74) is 1.39. The lowest BCUT2D eigenvalue weighted by atomic mass is 10.00. The summed E-state index contributed by atoms with van der Waals surface area (Å²) in [6.07, 6.45) is -1.84. The molecule has 0 saturated carbocycles. The monoisotopic (exact) mass is 512 g/mol. The van der Waals surface area contributed by atoms with Gasteiger partial charge in [-0.05, 0) is 35.8 Å². The summed E-state index contributed by atoms with van der Waals surface area (Å²) in [6, 6.07) is 15.3. The first kappa shape index (κ1) is 29.4. The Morgan fingerprint density at radius 3 is 1.57 bits per heavy atom. The molecule has 2 rings (SSSR count). The molecule has 0 radical (unpaired) electrons. The molecule has 9 nitrogen and oxygen atoms in total. The van der Waals surface area contributed by atoms with Gasteiger partial charge in [-0.1, -0.05) is 88.4 Å². The van der Waals surface area contributed by atoms with E-state index in [0.29, 0.717) is 16.0 Å². The number of carboxylic acids is 1. The zero-order valence-corrected chi connectivity index (χ0v) is 21.8. The fourth-order valence-electron chi connectivity index (χ4n) is 3.64. The molecule has 2 N–H and O–H groups in total. The van der Waals surface area contributed by atoms with Crippen LogP contribution in [-0.4, -0.2) is 46.2 Å². The number of nitrogens with zero attached hydrogens (tertiary/aromatic N) is 1. The first-order chi connectivity index (χ1) is 17.6. The molecule has 0 unspecified atom stereocenters. The van der Waals surface area contributed by atoms with Crippen LogP contribution in [0.4, 0.5) is 9.59 Å². The molecule has 3 amide bonds. The molecule has 0 spiro atoms. The molecule has 0 fully saturated rings. The summed E-state index contributed by atoms with van der Waals surface area (Å²) in [5.74, 6) is -2.09. The van der Waals surface area contributed by atoms with Crippen molar-refractivity contribution in [1.29, 1.82) is 0 Å². The van der Waals surface area contributed by atoms with Crippen LogP contribution in [0, 0.1) is 11.8 Å². The van der Waals surface area contributed by atoms with Crippen molar-refractivity contribution in [2.24, 2.45) is 11.8 Å². The Morgan fingerprint density at radius 2 is 1.19 bits per heavy atom. The quantitative estimate of drug-likeness (QED) is 0.411. The van der Waals surface area contributed by atoms with Crippen LogP contribution in [-0.2, 0) is 32.3 Å². The van der Waals surface area contributed by atoms with Crippen molar-refractivity contribution in [1.82, 2.24) is 10.2 Å². The van der Waals surface area contributed by atoms with Gasteiger partial charge >= 0.3 is 18.2 Å². The SMILES string of the molecule is CC(C)C[C@H](NC(=O)[C@H](CC(C)C)N(C(=O)OCc1ccccc1)C(=O)OCc1ccccc1)C(=O)O. The minimum Gasteiger partial charge on any atom is -0.480 e. The normalized spacial score (nSPS) is 12.5. The first-order valence-electron chi connectivity index (χ1n) is 12.3. The summed E-state index contributed by atoms with van der Waals surface area (Å²) in [5, 5.41) is 12.1. The number of aliphatic carboxylic acids is 1. The lowest BCUT2D eigenvalue weighted by Gasteiger charge is -2.30. The number of carbonyl (C=O) groups is 4. The third-order valence-electron chi connectivity index (χ3n) is 5.43.